The van der Waals surface area contributed by atoms with E-state index in [9.17, 15) is 4.79 Å². The smallest absolute Gasteiger partial charge is 0.167 e. The van der Waals surface area contributed by atoms with Gasteiger partial charge in [0.2, 0.25) is 0 Å². The van der Waals surface area contributed by atoms with Gasteiger partial charge < -0.3 is 8.82 Å². The number of aromatic nitrogens is 1. The van der Waals surface area contributed by atoms with Crippen LogP contribution in [0.15, 0.2) is 47.2 Å². The number of hydrogen-bond donors (Lipinski definition) is 0. The Hall–Kier alpha value is -2.29. The first kappa shape index (κ1) is 9.90. The van der Waals surface area contributed by atoms with Crippen molar-refractivity contribution >= 4 is 11.8 Å². The Kier molecular flexibility index (Phi) is 2.11. The van der Waals surface area contributed by atoms with Gasteiger partial charge in [0.15, 0.2) is 6.29 Å². The van der Waals surface area contributed by atoms with E-state index in [4.69, 9.17) is 4.42 Å². The molecule has 17 heavy (non-hydrogen) atoms. The summed E-state index contributed by atoms with van der Waals surface area (Å²) in [5, 5.41) is 0. The zero-order chi connectivity index (χ0) is 11.8. The monoisotopic (exact) mass is 225 g/mol. The van der Waals surface area contributed by atoms with Gasteiger partial charge in [-0.25, -0.2) is 0 Å². The van der Waals surface area contributed by atoms with E-state index in [1.807, 2.05) is 47.9 Å². The van der Waals surface area contributed by atoms with Crippen LogP contribution in [-0.4, -0.2) is 10.7 Å². The third-order valence-electron chi connectivity index (χ3n) is 2.96. The van der Waals surface area contributed by atoms with Crippen LogP contribution < -0.4 is 0 Å². The molecule has 0 radical (unpaired) electrons. The molecule has 0 aromatic carbocycles. The van der Waals surface area contributed by atoms with E-state index in [0.29, 0.717) is 5.69 Å². The van der Waals surface area contributed by atoms with E-state index in [-0.39, 0.29) is 0 Å². The van der Waals surface area contributed by atoms with Gasteiger partial charge in [0.1, 0.15) is 5.76 Å². The molecule has 0 unspecified atom stereocenters. The van der Waals surface area contributed by atoms with Crippen molar-refractivity contribution in [3.05, 3.63) is 54.0 Å². The van der Waals surface area contributed by atoms with E-state index in [1.54, 1.807) is 6.26 Å². The van der Waals surface area contributed by atoms with Gasteiger partial charge in [-0.15, -0.1) is 0 Å². The van der Waals surface area contributed by atoms with Gasteiger partial charge in [0, 0.05) is 17.3 Å². The molecule has 0 aliphatic carbocycles. The summed E-state index contributed by atoms with van der Waals surface area (Å²) in [7, 11) is 0. The van der Waals surface area contributed by atoms with E-state index in [0.717, 1.165) is 28.7 Å². The highest BCUT2D eigenvalue weighted by Gasteiger charge is 2.13. The number of hydrogen-bond acceptors (Lipinski definition) is 2. The largest absolute Gasteiger partial charge is 0.464 e. The Morgan fingerprint density at radius 3 is 2.88 bits per heavy atom. The van der Waals surface area contributed by atoms with Gasteiger partial charge in [-0.3, -0.25) is 4.79 Å². The van der Waals surface area contributed by atoms with Gasteiger partial charge in [0.05, 0.1) is 12.0 Å². The van der Waals surface area contributed by atoms with Gasteiger partial charge in [-0.05, 0) is 36.8 Å². The highest BCUT2D eigenvalue weighted by atomic mass is 16.3. The average molecular weight is 225 g/mol. The Labute approximate surface area is 98.3 Å². The average Bonchev–Trinajstić information content (AvgIpc) is 2.95. The molecular weight excluding hydrogens is 214 g/mol. The molecule has 0 aliphatic heterocycles. The number of furan rings is 1. The molecule has 3 heteroatoms. The fourth-order valence-electron chi connectivity index (χ4n) is 2.11. The maximum atomic E-state index is 11.2. The summed E-state index contributed by atoms with van der Waals surface area (Å²) in [6.45, 7) is 2.02. The third kappa shape index (κ3) is 1.40. The molecule has 0 spiro atoms. The Morgan fingerprint density at radius 2 is 2.18 bits per heavy atom. The minimum Gasteiger partial charge on any atom is -0.464 e. The maximum Gasteiger partial charge on any atom is 0.167 e. The number of pyridine rings is 1. The summed E-state index contributed by atoms with van der Waals surface area (Å²) in [5.74, 6) is 0.718. The molecule has 0 bridgehead atoms. The quantitative estimate of drug-likeness (QED) is 0.627. The summed E-state index contributed by atoms with van der Waals surface area (Å²) < 4.78 is 7.25. The van der Waals surface area contributed by atoms with Crippen LogP contribution in [0.3, 0.4) is 0 Å². The fourth-order valence-corrected chi connectivity index (χ4v) is 2.11. The predicted molar refractivity (Wildman–Crippen MR) is 65.2 cm³/mol. The molecule has 0 amide bonds. The predicted octanol–water partition coefficient (Wildman–Crippen LogP) is 3.32. The van der Waals surface area contributed by atoms with Gasteiger partial charge in [-0.2, -0.15) is 0 Å². The van der Waals surface area contributed by atoms with Crippen LogP contribution >= 0.6 is 0 Å². The van der Waals surface area contributed by atoms with Crippen LogP contribution in [0.25, 0.3) is 16.8 Å². The highest BCUT2D eigenvalue weighted by molar-refractivity contribution is 5.89. The zero-order valence-electron chi connectivity index (χ0n) is 9.38. The van der Waals surface area contributed by atoms with Crippen LogP contribution in [0.1, 0.15) is 16.1 Å². The van der Waals surface area contributed by atoms with Crippen molar-refractivity contribution in [3.63, 3.8) is 0 Å². The zero-order valence-corrected chi connectivity index (χ0v) is 9.38. The number of fused-ring (bicyclic) bond motifs is 1. The lowest BCUT2D eigenvalue weighted by Crippen LogP contribution is -1.92. The van der Waals surface area contributed by atoms with Gasteiger partial charge in [-0.1, -0.05) is 6.07 Å². The summed E-state index contributed by atoms with van der Waals surface area (Å²) in [5.41, 5.74) is 3.62. The lowest BCUT2D eigenvalue weighted by Gasteiger charge is -1.99. The first-order chi connectivity index (χ1) is 8.31. The van der Waals surface area contributed by atoms with Crippen molar-refractivity contribution in [2.75, 3.05) is 0 Å². The second kappa shape index (κ2) is 3.63. The molecule has 0 N–H and O–H groups in total. The van der Waals surface area contributed by atoms with Gasteiger partial charge >= 0.3 is 0 Å². The summed E-state index contributed by atoms with van der Waals surface area (Å²) in [4.78, 5) is 11.2. The molecule has 3 heterocycles. The number of aryl methyl sites for hydroxylation is 1. The fraction of sp³-hybridized carbons (Fsp3) is 0.0714. The van der Waals surface area contributed by atoms with E-state index < -0.39 is 0 Å². The standard InChI is InChI=1S/C14H11NO2/c1-10-4-2-6-15-12(10)8-11(13(15)9-16)14-5-3-7-17-14/h2-9H,1H3. The Bertz CT molecular complexity index is 678. The number of aldehydes is 1. The SMILES string of the molecule is Cc1cccn2c(C=O)c(-c3ccco3)cc12. The highest BCUT2D eigenvalue weighted by Crippen LogP contribution is 2.28. The van der Waals surface area contributed by atoms with Crippen LogP contribution in [0.4, 0.5) is 0 Å². The van der Waals surface area contributed by atoms with Crippen molar-refractivity contribution in [2.45, 2.75) is 6.92 Å². The first-order valence-corrected chi connectivity index (χ1v) is 5.41. The third-order valence-corrected chi connectivity index (χ3v) is 2.96. The van der Waals surface area contributed by atoms with Crippen molar-refractivity contribution in [1.29, 1.82) is 0 Å². The van der Waals surface area contributed by atoms with E-state index in [1.165, 1.54) is 0 Å². The summed E-state index contributed by atoms with van der Waals surface area (Å²) in [6.07, 6.45) is 4.36. The minimum absolute atomic E-state index is 0.624. The first-order valence-electron chi connectivity index (χ1n) is 5.41. The lowest BCUT2D eigenvalue weighted by molar-refractivity contribution is 0.111. The molecule has 3 aromatic heterocycles. The normalized spacial score (nSPS) is 10.9. The summed E-state index contributed by atoms with van der Waals surface area (Å²) >= 11 is 0. The Balaban J connectivity index is 2.40. The van der Waals surface area contributed by atoms with Crippen LogP contribution in [0.5, 0.6) is 0 Å². The lowest BCUT2D eigenvalue weighted by atomic mass is 10.2. The molecule has 3 aromatic rings. The van der Waals surface area contributed by atoms with Crippen molar-refractivity contribution in [1.82, 2.24) is 4.40 Å². The molecule has 0 saturated carbocycles. The molecule has 3 rings (SSSR count). The minimum atomic E-state index is 0.624. The molecular formula is C14H11NO2. The molecule has 0 atom stereocenters. The Morgan fingerprint density at radius 1 is 1.29 bits per heavy atom. The van der Waals surface area contributed by atoms with Crippen LogP contribution in [-0.2, 0) is 0 Å². The van der Waals surface area contributed by atoms with Crippen molar-refractivity contribution in [2.24, 2.45) is 0 Å². The van der Waals surface area contributed by atoms with E-state index >= 15 is 0 Å². The van der Waals surface area contributed by atoms with Gasteiger partial charge in [0.25, 0.3) is 0 Å². The molecule has 84 valence electrons. The maximum absolute atomic E-state index is 11.2. The van der Waals surface area contributed by atoms with Crippen molar-refractivity contribution in [3.8, 4) is 11.3 Å². The number of carbonyl (C=O) groups excluding carboxylic acids is 1. The topological polar surface area (TPSA) is 34.6 Å². The van der Waals surface area contributed by atoms with E-state index in [2.05, 4.69) is 0 Å². The number of nitrogens with zero attached hydrogens (tertiary/aromatic N) is 1. The summed E-state index contributed by atoms with van der Waals surface area (Å²) in [6, 6.07) is 9.62. The molecule has 0 saturated heterocycles. The molecule has 3 nitrogen and oxygen atoms in total. The van der Waals surface area contributed by atoms with Crippen LogP contribution in [0, 0.1) is 6.92 Å². The van der Waals surface area contributed by atoms with Crippen LogP contribution in [0.2, 0.25) is 0 Å². The molecule has 0 aliphatic rings. The molecule has 0 fully saturated rings. The number of carbonyl (C=O) groups is 1. The van der Waals surface area contributed by atoms with Crippen molar-refractivity contribution < 1.29 is 9.21 Å². The number of rotatable bonds is 2. The second-order valence-corrected chi connectivity index (χ2v) is 3.98. The second-order valence-electron chi connectivity index (χ2n) is 3.98.